The van der Waals surface area contributed by atoms with Crippen LogP contribution in [0.1, 0.15) is 13.3 Å². The summed E-state index contributed by atoms with van der Waals surface area (Å²) in [5, 5.41) is 3.30. The highest BCUT2D eigenvalue weighted by atomic mass is 79.9. The van der Waals surface area contributed by atoms with Crippen LogP contribution in [0.25, 0.3) is 0 Å². The van der Waals surface area contributed by atoms with Gasteiger partial charge in [-0.2, -0.15) is 0 Å². The van der Waals surface area contributed by atoms with Gasteiger partial charge in [-0.1, -0.05) is 6.92 Å². The van der Waals surface area contributed by atoms with Gasteiger partial charge < -0.3 is 10.2 Å². The first kappa shape index (κ1) is 13.7. The SMILES string of the molecule is CCNCC1CCN(c2cc(F)c(Br)cc2F)C1. The van der Waals surface area contributed by atoms with Crippen LogP contribution in [-0.2, 0) is 0 Å². The lowest BCUT2D eigenvalue weighted by molar-refractivity contribution is 0.526. The zero-order chi connectivity index (χ0) is 13.1. The predicted molar refractivity (Wildman–Crippen MR) is 72.9 cm³/mol. The molecule has 0 aromatic heterocycles. The molecule has 18 heavy (non-hydrogen) atoms. The number of rotatable bonds is 4. The molecule has 1 fully saturated rings. The van der Waals surface area contributed by atoms with Crippen molar-refractivity contribution in [3.63, 3.8) is 0 Å². The summed E-state index contributed by atoms with van der Waals surface area (Å²) in [5.41, 5.74) is 0.370. The number of hydrogen-bond acceptors (Lipinski definition) is 2. The molecule has 5 heteroatoms. The Labute approximate surface area is 114 Å². The zero-order valence-electron chi connectivity index (χ0n) is 10.3. The van der Waals surface area contributed by atoms with Crippen molar-refractivity contribution in [1.29, 1.82) is 0 Å². The van der Waals surface area contributed by atoms with Crippen molar-refractivity contribution in [3.05, 3.63) is 28.2 Å². The Hall–Kier alpha value is -0.680. The first-order valence-electron chi connectivity index (χ1n) is 6.22. The van der Waals surface area contributed by atoms with E-state index in [0.717, 1.165) is 32.6 Å². The van der Waals surface area contributed by atoms with Crippen LogP contribution < -0.4 is 10.2 Å². The number of anilines is 1. The summed E-state index contributed by atoms with van der Waals surface area (Å²) in [6, 6.07) is 2.47. The van der Waals surface area contributed by atoms with Gasteiger partial charge in [0, 0.05) is 19.2 Å². The second-order valence-corrected chi connectivity index (χ2v) is 5.48. The summed E-state index contributed by atoms with van der Waals surface area (Å²) in [7, 11) is 0. The third kappa shape index (κ3) is 3.01. The summed E-state index contributed by atoms with van der Waals surface area (Å²) in [5.74, 6) is -0.273. The fourth-order valence-corrected chi connectivity index (χ4v) is 2.64. The molecule has 0 saturated carbocycles. The number of nitrogens with one attached hydrogen (secondary N) is 1. The van der Waals surface area contributed by atoms with Crippen LogP contribution in [0.5, 0.6) is 0 Å². The van der Waals surface area contributed by atoms with E-state index in [4.69, 9.17) is 0 Å². The molecule has 0 bridgehead atoms. The van der Waals surface area contributed by atoms with Crippen LogP contribution in [0.4, 0.5) is 14.5 Å². The quantitative estimate of drug-likeness (QED) is 0.858. The van der Waals surface area contributed by atoms with Crippen LogP contribution >= 0.6 is 15.9 Å². The first-order valence-corrected chi connectivity index (χ1v) is 7.01. The molecule has 2 rings (SSSR count). The lowest BCUT2D eigenvalue weighted by atomic mass is 10.1. The molecule has 2 nitrogen and oxygen atoms in total. The Morgan fingerprint density at radius 3 is 2.89 bits per heavy atom. The van der Waals surface area contributed by atoms with Crippen molar-refractivity contribution in [3.8, 4) is 0 Å². The largest absolute Gasteiger partial charge is 0.369 e. The first-order chi connectivity index (χ1) is 8.61. The van der Waals surface area contributed by atoms with Crippen molar-refractivity contribution >= 4 is 21.6 Å². The molecule has 1 aromatic rings. The van der Waals surface area contributed by atoms with Gasteiger partial charge in [0.1, 0.15) is 11.6 Å². The van der Waals surface area contributed by atoms with Gasteiger partial charge in [0.25, 0.3) is 0 Å². The summed E-state index contributed by atoms with van der Waals surface area (Å²) >= 11 is 2.99. The third-order valence-corrected chi connectivity index (χ3v) is 3.91. The average molecular weight is 319 g/mol. The van der Waals surface area contributed by atoms with Gasteiger partial charge in [0.15, 0.2) is 0 Å². The fraction of sp³-hybridized carbons (Fsp3) is 0.538. The van der Waals surface area contributed by atoms with Crippen LogP contribution in [-0.4, -0.2) is 26.2 Å². The number of halogens is 3. The van der Waals surface area contributed by atoms with E-state index in [1.807, 2.05) is 4.90 Å². The lowest BCUT2D eigenvalue weighted by Crippen LogP contribution is -2.26. The minimum atomic E-state index is -0.415. The van der Waals surface area contributed by atoms with Crippen molar-refractivity contribution in [1.82, 2.24) is 5.32 Å². The molecule has 0 aliphatic carbocycles. The van der Waals surface area contributed by atoms with Crippen LogP contribution in [0.15, 0.2) is 16.6 Å². The van der Waals surface area contributed by atoms with Crippen LogP contribution in [0.3, 0.4) is 0 Å². The molecule has 1 unspecified atom stereocenters. The Morgan fingerprint density at radius 1 is 1.39 bits per heavy atom. The van der Waals surface area contributed by atoms with E-state index in [-0.39, 0.29) is 10.3 Å². The van der Waals surface area contributed by atoms with Crippen molar-refractivity contribution in [2.75, 3.05) is 31.1 Å². The van der Waals surface area contributed by atoms with Crippen molar-refractivity contribution in [2.24, 2.45) is 5.92 Å². The van der Waals surface area contributed by atoms with E-state index < -0.39 is 5.82 Å². The molecule has 0 radical (unpaired) electrons. The normalized spacial score (nSPS) is 19.6. The van der Waals surface area contributed by atoms with Gasteiger partial charge in [-0.05, 0) is 47.4 Å². The van der Waals surface area contributed by atoms with E-state index in [0.29, 0.717) is 11.6 Å². The maximum Gasteiger partial charge on any atom is 0.147 e. The van der Waals surface area contributed by atoms with Gasteiger partial charge in [-0.15, -0.1) is 0 Å². The number of hydrogen-bond donors (Lipinski definition) is 1. The Balaban J connectivity index is 2.07. The van der Waals surface area contributed by atoms with Crippen molar-refractivity contribution < 1.29 is 8.78 Å². The third-order valence-electron chi connectivity index (χ3n) is 3.30. The van der Waals surface area contributed by atoms with E-state index >= 15 is 0 Å². The van der Waals surface area contributed by atoms with Gasteiger partial charge >= 0.3 is 0 Å². The molecule has 1 saturated heterocycles. The molecule has 1 N–H and O–H groups in total. The van der Waals surface area contributed by atoms with Crippen LogP contribution in [0, 0.1) is 17.6 Å². The van der Waals surface area contributed by atoms with Gasteiger partial charge in [-0.3, -0.25) is 0 Å². The zero-order valence-corrected chi connectivity index (χ0v) is 11.9. The molecule has 1 aliphatic heterocycles. The lowest BCUT2D eigenvalue weighted by Gasteiger charge is -2.20. The minimum Gasteiger partial charge on any atom is -0.369 e. The summed E-state index contributed by atoms with van der Waals surface area (Å²) in [6.07, 6.45) is 1.02. The molecule has 0 amide bonds. The van der Waals surface area contributed by atoms with Crippen molar-refractivity contribution in [2.45, 2.75) is 13.3 Å². The number of nitrogens with zero attached hydrogens (tertiary/aromatic N) is 1. The van der Waals surface area contributed by atoms with Gasteiger partial charge in [0.05, 0.1) is 10.2 Å². The van der Waals surface area contributed by atoms with Gasteiger partial charge in [0.2, 0.25) is 0 Å². The van der Waals surface area contributed by atoms with E-state index in [1.54, 1.807) is 0 Å². The molecular formula is C13H17BrF2N2. The molecule has 1 heterocycles. The Morgan fingerprint density at radius 2 is 2.17 bits per heavy atom. The van der Waals surface area contributed by atoms with E-state index in [1.165, 1.54) is 12.1 Å². The smallest absolute Gasteiger partial charge is 0.147 e. The second kappa shape index (κ2) is 5.97. The molecule has 1 aliphatic rings. The van der Waals surface area contributed by atoms with E-state index in [2.05, 4.69) is 28.2 Å². The molecule has 100 valence electrons. The van der Waals surface area contributed by atoms with E-state index in [9.17, 15) is 8.78 Å². The Bertz CT molecular complexity index is 426. The summed E-state index contributed by atoms with van der Waals surface area (Å²) < 4.78 is 27.4. The minimum absolute atomic E-state index is 0.173. The molecule has 1 aromatic carbocycles. The fourth-order valence-electron chi connectivity index (χ4n) is 2.32. The maximum atomic E-state index is 13.8. The summed E-state index contributed by atoms with van der Waals surface area (Å²) in [6.45, 7) is 5.51. The van der Waals surface area contributed by atoms with Gasteiger partial charge in [-0.25, -0.2) is 8.78 Å². The highest BCUT2D eigenvalue weighted by Crippen LogP contribution is 2.30. The number of benzene rings is 1. The molecule has 1 atom stereocenters. The average Bonchev–Trinajstić information content (AvgIpc) is 2.79. The van der Waals surface area contributed by atoms with Crippen LogP contribution in [0.2, 0.25) is 0 Å². The highest BCUT2D eigenvalue weighted by Gasteiger charge is 2.24. The second-order valence-electron chi connectivity index (χ2n) is 4.63. The monoisotopic (exact) mass is 318 g/mol. The highest BCUT2D eigenvalue weighted by molar-refractivity contribution is 9.10. The molecule has 0 spiro atoms. The molecular weight excluding hydrogens is 302 g/mol. The Kier molecular flexibility index (Phi) is 4.56. The standard InChI is InChI=1S/C13H17BrF2N2/c1-2-17-7-9-3-4-18(8-9)13-6-11(15)10(14)5-12(13)16/h5-6,9,17H,2-4,7-8H2,1H3. The predicted octanol–water partition coefficient (Wildman–Crippen LogP) is 3.16. The summed E-state index contributed by atoms with van der Waals surface area (Å²) in [4.78, 5) is 1.92. The topological polar surface area (TPSA) is 15.3 Å². The maximum absolute atomic E-state index is 13.8.